The molecule has 7 heteroatoms. The molecule has 2 heterocycles. The predicted molar refractivity (Wildman–Crippen MR) is 75.4 cm³/mol. The van der Waals surface area contributed by atoms with E-state index in [9.17, 15) is 4.79 Å². The highest BCUT2D eigenvalue weighted by atomic mass is 16.5. The first kappa shape index (κ1) is 12.6. The largest absolute Gasteiger partial charge is 0.378 e. The zero-order valence-corrected chi connectivity index (χ0v) is 10.9. The summed E-state index contributed by atoms with van der Waals surface area (Å²) in [4.78, 5) is 16.0. The van der Waals surface area contributed by atoms with E-state index in [1.807, 2.05) is 24.3 Å². The van der Waals surface area contributed by atoms with Gasteiger partial charge in [-0.3, -0.25) is 9.78 Å². The molecule has 2 N–H and O–H groups in total. The van der Waals surface area contributed by atoms with E-state index in [-0.39, 0.29) is 5.56 Å². The van der Waals surface area contributed by atoms with Gasteiger partial charge < -0.3 is 15.0 Å². The lowest BCUT2D eigenvalue weighted by Crippen LogP contribution is -2.36. The van der Waals surface area contributed by atoms with Crippen molar-refractivity contribution in [3.63, 3.8) is 0 Å². The standard InChI is InChI=1S/C13H15N5O2/c19-12-9-14-17-13(16-12)15-10-1-3-11(4-2-10)18-5-7-20-8-6-18/h1-4,9H,5-8H2,(H2,15,16,17,19). The highest BCUT2D eigenvalue weighted by Gasteiger charge is 2.10. The van der Waals surface area contributed by atoms with Crippen molar-refractivity contribution in [2.24, 2.45) is 0 Å². The van der Waals surface area contributed by atoms with Crippen LogP contribution in [0.2, 0.25) is 0 Å². The predicted octanol–water partition coefficient (Wildman–Crippen LogP) is 0.745. The van der Waals surface area contributed by atoms with Crippen molar-refractivity contribution in [2.45, 2.75) is 0 Å². The smallest absolute Gasteiger partial charge is 0.271 e. The van der Waals surface area contributed by atoms with Gasteiger partial charge in [0.05, 0.1) is 13.2 Å². The third-order valence-corrected chi connectivity index (χ3v) is 3.08. The Bertz CT molecular complexity index is 619. The molecule has 1 aromatic heterocycles. The molecule has 20 heavy (non-hydrogen) atoms. The van der Waals surface area contributed by atoms with Gasteiger partial charge in [0.15, 0.2) is 0 Å². The van der Waals surface area contributed by atoms with Crippen LogP contribution < -0.4 is 15.8 Å². The first-order valence-electron chi connectivity index (χ1n) is 6.43. The highest BCUT2D eigenvalue weighted by Crippen LogP contribution is 2.20. The average Bonchev–Trinajstić information content (AvgIpc) is 2.49. The lowest BCUT2D eigenvalue weighted by Gasteiger charge is -2.28. The summed E-state index contributed by atoms with van der Waals surface area (Å²) in [5.74, 6) is 0.330. The van der Waals surface area contributed by atoms with Gasteiger partial charge in [0.1, 0.15) is 6.20 Å². The van der Waals surface area contributed by atoms with Crippen molar-refractivity contribution in [3.8, 4) is 0 Å². The van der Waals surface area contributed by atoms with Gasteiger partial charge in [-0.05, 0) is 24.3 Å². The molecule has 0 saturated carbocycles. The second kappa shape index (κ2) is 5.70. The van der Waals surface area contributed by atoms with E-state index in [1.54, 1.807) is 0 Å². The number of hydrogen-bond acceptors (Lipinski definition) is 6. The van der Waals surface area contributed by atoms with Crippen LogP contribution >= 0.6 is 0 Å². The molecule has 1 saturated heterocycles. The van der Waals surface area contributed by atoms with E-state index in [4.69, 9.17) is 4.74 Å². The van der Waals surface area contributed by atoms with Gasteiger partial charge in [0.2, 0.25) is 5.95 Å². The molecule has 104 valence electrons. The number of benzene rings is 1. The molecule has 0 amide bonds. The fraction of sp³-hybridized carbons (Fsp3) is 0.308. The zero-order chi connectivity index (χ0) is 13.8. The molecule has 1 aliphatic rings. The van der Waals surface area contributed by atoms with E-state index in [0.29, 0.717) is 5.95 Å². The van der Waals surface area contributed by atoms with Crippen LogP contribution in [-0.4, -0.2) is 41.5 Å². The van der Waals surface area contributed by atoms with Crippen molar-refractivity contribution >= 4 is 17.3 Å². The Hall–Kier alpha value is -2.41. The molecule has 1 aliphatic heterocycles. The van der Waals surface area contributed by atoms with Gasteiger partial charge in [-0.2, -0.15) is 0 Å². The van der Waals surface area contributed by atoms with Crippen molar-refractivity contribution < 1.29 is 4.74 Å². The fourth-order valence-corrected chi connectivity index (χ4v) is 2.08. The number of aromatic amines is 1. The number of ether oxygens (including phenoxy) is 1. The molecule has 0 aliphatic carbocycles. The number of anilines is 3. The number of aromatic nitrogens is 3. The van der Waals surface area contributed by atoms with Crippen LogP contribution in [0.15, 0.2) is 35.3 Å². The van der Waals surface area contributed by atoms with Gasteiger partial charge in [0, 0.05) is 24.5 Å². The molecular formula is C13H15N5O2. The maximum atomic E-state index is 11.1. The zero-order valence-electron chi connectivity index (χ0n) is 10.9. The first-order chi connectivity index (χ1) is 9.81. The molecule has 0 atom stereocenters. The summed E-state index contributed by atoms with van der Waals surface area (Å²) >= 11 is 0. The van der Waals surface area contributed by atoms with Crippen molar-refractivity contribution in [3.05, 3.63) is 40.8 Å². The minimum atomic E-state index is -0.285. The van der Waals surface area contributed by atoms with E-state index in [0.717, 1.165) is 43.9 Å². The maximum absolute atomic E-state index is 11.1. The molecule has 2 aromatic rings. The lowest BCUT2D eigenvalue weighted by molar-refractivity contribution is 0.122. The Morgan fingerprint density at radius 1 is 1.20 bits per heavy atom. The Kier molecular flexibility index (Phi) is 3.60. The molecule has 1 aromatic carbocycles. The van der Waals surface area contributed by atoms with Crippen LogP contribution in [0.25, 0.3) is 0 Å². The number of morpholine rings is 1. The van der Waals surface area contributed by atoms with Crippen LogP contribution in [0.4, 0.5) is 17.3 Å². The first-order valence-corrected chi connectivity index (χ1v) is 6.43. The summed E-state index contributed by atoms with van der Waals surface area (Å²) in [7, 11) is 0. The molecule has 0 radical (unpaired) electrons. The Morgan fingerprint density at radius 2 is 1.95 bits per heavy atom. The van der Waals surface area contributed by atoms with Crippen molar-refractivity contribution in [1.82, 2.24) is 15.2 Å². The maximum Gasteiger partial charge on any atom is 0.271 e. The molecule has 3 rings (SSSR count). The van der Waals surface area contributed by atoms with Gasteiger partial charge in [-0.15, -0.1) is 10.2 Å². The van der Waals surface area contributed by atoms with Gasteiger partial charge in [-0.1, -0.05) is 0 Å². The van der Waals surface area contributed by atoms with Crippen molar-refractivity contribution in [2.75, 3.05) is 36.5 Å². The van der Waals surface area contributed by atoms with E-state index < -0.39 is 0 Å². The number of rotatable bonds is 3. The second-order valence-electron chi connectivity index (χ2n) is 4.45. The summed E-state index contributed by atoms with van der Waals surface area (Å²) < 4.78 is 5.33. The Labute approximate surface area is 115 Å². The van der Waals surface area contributed by atoms with E-state index in [2.05, 4.69) is 25.4 Å². The Morgan fingerprint density at radius 3 is 2.65 bits per heavy atom. The van der Waals surface area contributed by atoms with Crippen LogP contribution in [0, 0.1) is 0 Å². The van der Waals surface area contributed by atoms with Gasteiger partial charge in [0.25, 0.3) is 5.56 Å². The fourth-order valence-electron chi connectivity index (χ4n) is 2.08. The van der Waals surface area contributed by atoms with Crippen LogP contribution in [0.5, 0.6) is 0 Å². The molecule has 7 nitrogen and oxygen atoms in total. The second-order valence-corrected chi connectivity index (χ2v) is 4.45. The normalized spacial score (nSPS) is 15.1. The summed E-state index contributed by atoms with van der Waals surface area (Å²) in [5.41, 5.74) is 1.72. The number of H-pyrrole nitrogens is 1. The topological polar surface area (TPSA) is 83.1 Å². The van der Waals surface area contributed by atoms with Gasteiger partial charge in [-0.25, -0.2) is 0 Å². The molecule has 0 unspecified atom stereocenters. The molecule has 0 bridgehead atoms. The van der Waals surface area contributed by atoms with Crippen LogP contribution in [-0.2, 0) is 4.74 Å². The SMILES string of the molecule is O=c1cnnc(Nc2ccc(N3CCOCC3)cc2)[nH]1. The number of hydrogen-bond donors (Lipinski definition) is 2. The molecule has 1 fully saturated rings. The third kappa shape index (κ3) is 2.94. The lowest BCUT2D eigenvalue weighted by atomic mass is 10.2. The minimum Gasteiger partial charge on any atom is -0.378 e. The van der Waals surface area contributed by atoms with Gasteiger partial charge >= 0.3 is 0 Å². The van der Waals surface area contributed by atoms with Crippen LogP contribution in [0.3, 0.4) is 0 Å². The summed E-state index contributed by atoms with van der Waals surface area (Å²) in [6.45, 7) is 3.34. The summed E-state index contributed by atoms with van der Waals surface area (Å²) in [6.07, 6.45) is 1.13. The number of nitrogens with zero attached hydrogens (tertiary/aromatic N) is 3. The average molecular weight is 273 g/mol. The number of nitrogens with one attached hydrogen (secondary N) is 2. The summed E-state index contributed by atoms with van der Waals surface area (Å²) in [5, 5.41) is 10.4. The van der Waals surface area contributed by atoms with E-state index >= 15 is 0 Å². The molecule has 0 spiro atoms. The van der Waals surface area contributed by atoms with Crippen molar-refractivity contribution in [1.29, 1.82) is 0 Å². The minimum absolute atomic E-state index is 0.285. The highest BCUT2D eigenvalue weighted by molar-refractivity contribution is 5.59. The summed E-state index contributed by atoms with van der Waals surface area (Å²) in [6, 6.07) is 7.94. The Balaban J connectivity index is 1.71. The third-order valence-electron chi connectivity index (χ3n) is 3.08. The quantitative estimate of drug-likeness (QED) is 0.858. The monoisotopic (exact) mass is 273 g/mol. The molecular weight excluding hydrogens is 258 g/mol. The van der Waals surface area contributed by atoms with Crippen LogP contribution in [0.1, 0.15) is 0 Å². The van der Waals surface area contributed by atoms with E-state index in [1.165, 1.54) is 0 Å².